The van der Waals surface area contributed by atoms with Crippen LogP contribution in [-0.4, -0.2) is 4.98 Å². The lowest BCUT2D eigenvalue weighted by Crippen LogP contribution is -2.22. The predicted octanol–water partition coefficient (Wildman–Crippen LogP) is 4.42. The zero-order valence-electron chi connectivity index (χ0n) is 11.3. The van der Waals surface area contributed by atoms with Gasteiger partial charge < -0.3 is 5.32 Å². The molecular weight excluding hydrogens is 303 g/mol. The minimum Gasteiger partial charge on any atom is -0.304 e. The first-order chi connectivity index (χ1) is 10.3. The molecule has 0 fully saturated rings. The molecule has 0 saturated carbocycles. The number of benzene rings is 1. The maximum atomic E-state index is 13.2. The molecule has 3 rings (SSSR count). The summed E-state index contributed by atoms with van der Waals surface area (Å²) in [5.41, 5.74) is 0.947. The maximum absolute atomic E-state index is 13.2. The first-order valence-corrected chi connectivity index (χ1v) is 8.47. The molecule has 0 amide bonds. The summed E-state index contributed by atoms with van der Waals surface area (Å²) < 4.78 is 13.2. The van der Waals surface area contributed by atoms with E-state index in [1.165, 1.54) is 10.9 Å². The van der Waals surface area contributed by atoms with Crippen molar-refractivity contribution in [3.05, 3.63) is 74.6 Å². The second-order valence-electron chi connectivity index (χ2n) is 4.72. The van der Waals surface area contributed by atoms with Gasteiger partial charge in [0.25, 0.3) is 0 Å². The molecule has 2 heterocycles. The van der Waals surface area contributed by atoms with Crippen LogP contribution in [0, 0.1) is 5.82 Å². The Morgan fingerprint density at radius 3 is 2.81 bits per heavy atom. The third kappa shape index (κ3) is 3.97. The van der Waals surface area contributed by atoms with Crippen LogP contribution >= 0.6 is 22.7 Å². The fourth-order valence-corrected chi connectivity index (χ4v) is 3.64. The van der Waals surface area contributed by atoms with Crippen molar-refractivity contribution in [2.45, 2.75) is 19.0 Å². The van der Waals surface area contributed by atoms with Crippen molar-refractivity contribution in [3.8, 4) is 0 Å². The van der Waals surface area contributed by atoms with Crippen molar-refractivity contribution in [1.82, 2.24) is 10.3 Å². The van der Waals surface area contributed by atoms with Gasteiger partial charge >= 0.3 is 0 Å². The van der Waals surface area contributed by atoms with E-state index in [0.29, 0.717) is 6.54 Å². The number of hydrogen-bond acceptors (Lipinski definition) is 4. The second-order valence-corrected chi connectivity index (χ2v) is 6.68. The Morgan fingerprint density at radius 2 is 2.10 bits per heavy atom. The van der Waals surface area contributed by atoms with Gasteiger partial charge in [-0.15, -0.1) is 22.7 Å². The summed E-state index contributed by atoms with van der Waals surface area (Å²) in [4.78, 5) is 5.73. The van der Waals surface area contributed by atoms with Gasteiger partial charge in [0, 0.05) is 29.4 Å². The summed E-state index contributed by atoms with van der Waals surface area (Å²) in [7, 11) is 0. The first-order valence-electron chi connectivity index (χ1n) is 6.71. The van der Waals surface area contributed by atoms with Crippen molar-refractivity contribution in [3.63, 3.8) is 0 Å². The summed E-state index contributed by atoms with van der Waals surface area (Å²) >= 11 is 3.40. The van der Waals surface area contributed by atoms with Crippen molar-refractivity contribution < 1.29 is 4.39 Å². The Kier molecular flexibility index (Phi) is 4.75. The number of aromatic nitrogens is 1. The van der Waals surface area contributed by atoms with Gasteiger partial charge in [-0.05, 0) is 29.1 Å². The van der Waals surface area contributed by atoms with Crippen LogP contribution in [0.2, 0.25) is 0 Å². The van der Waals surface area contributed by atoms with Gasteiger partial charge in [0.2, 0.25) is 0 Å². The Balaban J connectivity index is 1.70. The summed E-state index contributed by atoms with van der Waals surface area (Å²) in [6.07, 6.45) is 2.73. The molecule has 2 nitrogen and oxygen atoms in total. The lowest BCUT2D eigenvalue weighted by atomic mass is 10.1. The van der Waals surface area contributed by atoms with Gasteiger partial charge in [0.15, 0.2) is 0 Å². The lowest BCUT2D eigenvalue weighted by molar-refractivity contribution is 0.529. The van der Waals surface area contributed by atoms with E-state index in [0.717, 1.165) is 17.0 Å². The van der Waals surface area contributed by atoms with E-state index < -0.39 is 0 Å². The Morgan fingerprint density at radius 1 is 1.14 bits per heavy atom. The molecule has 3 aromatic rings. The predicted molar refractivity (Wildman–Crippen MR) is 86.1 cm³/mol. The van der Waals surface area contributed by atoms with E-state index in [4.69, 9.17) is 0 Å². The highest BCUT2D eigenvalue weighted by Gasteiger charge is 2.15. The van der Waals surface area contributed by atoms with E-state index in [-0.39, 0.29) is 11.9 Å². The molecular formula is C16H15FN2S2. The normalized spacial score (nSPS) is 12.4. The van der Waals surface area contributed by atoms with Gasteiger partial charge in [-0.2, -0.15) is 0 Å². The topological polar surface area (TPSA) is 24.9 Å². The quantitative estimate of drug-likeness (QED) is 0.728. The second kappa shape index (κ2) is 6.93. The van der Waals surface area contributed by atoms with E-state index in [9.17, 15) is 4.39 Å². The number of rotatable bonds is 6. The number of nitrogens with zero attached hydrogens (tertiary/aromatic N) is 1. The standard InChI is InChI=1S/C16H15FN2S2/c17-13-4-1-3-12(9-13)11-19-15(16-18-6-8-21-16)10-14-5-2-7-20-14/h1-9,15,19H,10-11H2/t15-/m1/s1. The summed E-state index contributed by atoms with van der Waals surface area (Å²) in [5.74, 6) is -0.196. The first kappa shape index (κ1) is 14.4. The van der Waals surface area contributed by atoms with Gasteiger partial charge in [-0.25, -0.2) is 9.37 Å². The minimum atomic E-state index is -0.196. The molecule has 0 saturated heterocycles. The number of thiazole rings is 1. The number of hydrogen-bond donors (Lipinski definition) is 1. The zero-order chi connectivity index (χ0) is 14.5. The van der Waals surface area contributed by atoms with Crippen LogP contribution in [0.1, 0.15) is 21.5 Å². The molecule has 1 aromatic carbocycles. The molecule has 108 valence electrons. The van der Waals surface area contributed by atoms with Crippen LogP contribution < -0.4 is 5.32 Å². The van der Waals surface area contributed by atoms with Gasteiger partial charge in [0.1, 0.15) is 10.8 Å². The highest BCUT2D eigenvalue weighted by molar-refractivity contribution is 7.10. The molecule has 0 unspecified atom stereocenters. The van der Waals surface area contributed by atoms with Crippen LogP contribution in [-0.2, 0) is 13.0 Å². The molecule has 0 radical (unpaired) electrons. The third-order valence-electron chi connectivity index (χ3n) is 3.18. The van der Waals surface area contributed by atoms with Gasteiger partial charge in [-0.1, -0.05) is 18.2 Å². The molecule has 21 heavy (non-hydrogen) atoms. The molecule has 0 spiro atoms. The average molecular weight is 318 g/mol. The largest absolute Gasteiger partial charge is 0.304 e. The fourth-order valence-electron chi connectivity index (χ4n) is 2.17. The molecule has 0 aliphatic carbocycles. The van der Waals surface area contributed by atoms with Crippen LogP contribution in [0.4, 0.5) is 4.39 Å². The molecule has 5 heteroatoms. The van der Waals surface area contributed by atoms with E-state index in [1.807, 2.05) is 17.6 Å². The van der Waals surface area contributed by atoms with E-state index in [1.54, 1.807) is 34.8 Å². The fraction of sp³-hybridized carbons (Fsp3) is 0.188. The number of thiophene rings is 1. The smallest absolute Gasteiger partial charge is 0.123 e. The van der Waals surface area contributed by atoms with Crippen molar-refractivity contribution in [2.24, 2.45) is 0 Å². The van der Waals surface area contributed by atoms with Crippen LogP contribution in [0.15, 0.2) is 53.4 Å². The molecule has 1 atom stereocenters. The monoisotopic (exact) mass is 318 g/mol. The van der Waals surface area contributed by atoms with Crippen LogP contribution in [0.3, 0.4) is 0 Å². The zero-order valence-corrected chi connectivity index (χ0v) is 13.0. The average Bonchev–Trinajstić information content (AvgIpc) is 3.16. The molecule has 0 aliphatic heterocycles. The summed E-state index contributed by atoms with van der Waals surface area (Å²) in [6, 6.07) is 11.1. The van der Waals surface area contributed by atoms with Crippen LogP contribution in [0.25, 0.3) is 0 Å². The SMILES string of the molecule is Fc1cccc(CN[C@H](Cc2cccs2)c2nccs2)c1. The summed E-state index contributed by atoms with van der Waals surface area (Å²) in [5, 5.41) is 8.63. The molecule has 2 aromatic heterocycles. The van der Waals surface area contributed by atoms with Gasteiger partial charge in [0.05, 0.1) is 6.04 Å². The molecule has 0 aliphatic rings. The number of halogens is 1. The van der Waals surface area contributed by atoms with Crippen molar-refractivity contribution in [1.29, 1.82) is 0 Å². The Hall–Kier alpha value is -1.56. The third-order valence-corrected chi connectivity index (χ3v) is 4.96. The van der Waals surface area contributed by atoms with E-state index >= 15 is 0 Å². The highest BCUT2D eigenvalue weighted by Crippen LogP contribution is 2.23. The lowest BCUT2D eigenvalue weighted by Gasteiger charge is -2.16. The molecule has 1 N–H and O–H groups in total. The van der Waals surface area contributed by atoms with Crippen molar-refractivity contribution >= 4 is 22.7 Å². The summed E-state index contributed by atoms with van der Waals surface area (Å²) in [6.45, 7) is 0.632. The highest BCUT2D eigenvalue weighted by atomic mass is 32.1. The van der Waals surface area contributed by atoms with Crippen molar-refractivity contribution in [2.75, 3.05) is 0 Å². The number of nitrogens with one attached hydrogen (secondary N) is 1. The Bertz CT molecular complexity index is 665. The minimum absolute atomic E-state index is 0.159. The van der Waals surface area contributed by atoms with E-state index in [2.05, 4.69) is 27.8 Å². The Labute approximate surface area is 131 Å². The van der Waals surface area contributed by atoms with Crippen LogP contribution in [0.5, 0.6) is 0 Å². The van der Waals surface area contributed by atoms with Gasteiger partial charge in [-0.3, -0.25) is 0 Å². The molecule has 0 bridgehead atoms. The maximum Gasteiger partial charge on any atom is 0.123 e.